The van der Waals surface area contributed by atoms with Gasteiger partial charge in [-0.05, 0) is 30.2 Å². The zero-order chi connectivity index (χ0) is 17.8. The minimum atomic E-state index is -1.07. The molecule has 25 heavy (non-hydrogen) atoms. The van der Waals surface area contributed by atoms with Gasteiger partial charge in [-0.15, -0.1) is 0 Å². The molecule has 2 N–H and O–H groups in total. The summed E-state index contributed by atoms with van der Waals surface area (Å²) in [6, 6.07) is 12.4. The first-order valence-corrected chi connectivity index (χ1v) is 8.00. The summed E-state index contributed by atoms with van der Waals surface area (Å²) in [6.45, 7) is 0.753. The van der Waals surface area contributed by atoms with Crippen molar-refractivity contribution in [2.45, 2.75) is 18.9 Å². The Labute approximate surface area is 145 Å². The van der Waals surface area contributed by atoms with Gasteiger partial charge in [-0.25, -0.2) is 4.79 Å². The Hall–Kier alpha value is -3.02. The maximum Gasteiger partial charge on any atom is 0.339 e. The topological polar surface area (TPSA) is 84.9 Å². The number of para-hydroxylation sites is 1. The number of carboxylic acid groups (broad SMARTS) is 1. The van der Waals surface area contributed by atoms with Gasteiger partial charge in [0.15, 0.2) is 0 Å². The molecule has 2 aromatic carbocycles. The average molecular weight is 341 g/mol. The van der Waals surface area contributed by atoms with Crippen molar-refractivity contribution in [2.24, 2.45) is 0 Å². The summed E-state index contributed by atoms with van der Waals surface area (Å²) >= 11 is 0. The molecule has 1 aliphatic heterocycles. The van der Waals surface area contributed by atoms with Gasteiger partial charge in [0, 0.05) is 12.1 Å². The zero-order valence-electron chi connectivity index (χ0n) is 13.8. The predicted octanol–water partition coefficient (Wildman–Crippen LogP) is 2.58. The molecule has 1 atom stereocenters. The van der Waals surface area contributed by atoms with Crippen molar-refractivity contribution in [3.63, 3.8) is 0 Å². The van der Waals surface area contributed by atoms with Gasteiger partial charge in [-0.3, -0.25) is 4.79 Å². The highest BCUT2D eigenvalue weighted by atomic mass is 16.5. The van der Waals surface area contributed by atoms with Crippen LogP contribution < -0.4 is 14.8 Å². The minimum Gasteiger partial charge on any atom is -0.496 e. The van der Waals surface area contributed by atoms with Crippen LogP contribution in [0, 0.1) is 0 Å². The van der Waals surface area contributed by atoms with Crippen LogP contribution in [0.3, 0.4) is 0 Å². The normalized spacial score (nSPS) is 15.6. The lowest BCUT2D eigenvalue weighted by molar-refractivity contribution is -0.123. The molecule has 0 aliphatic carbocycles. The van der Waals surface area contributed by atoms with Crippen LogP contribution >= 0.6 is 0 Å². The fourth-order valence-electron chi connectivity index (χ4n) is 2.96. The van der Waals surface area contributed by atoms with Gasteiger partial charge in [0.05, 0.1) is 19.6 Å². The average Bonchev–Trinajstić information content (AvgIpc) is 2.65. The summed E-state index contributed by atoms with van der Waals surface area (Å²) in [4.78, 5) is 23.8. The van der Waals surface area contributed by atoms with Crippen LogP contribution in [0.5, 0.6) is 11.5 Å². The Morgan fingerprint density at radius 3 is 2.84 bits per heavy atom. The Bertz CT molecular complexity index is 802. The molecule has 6 heteroatoms. The SMILES string of the molecule is COc1ccc(CNC(=O)[C@@H]2CCOc3ccccc32)cc1C(=O)O. The molecule has 1 amide bonds. The van der Waals surface area contributed by atoms with Crippen LogP contribution in [-0.2, 0) is 11.3 Å². The van der Waals surface area contributed by atoms with Crippen LogP contribution in [0.25, 0.3) is 0 Å². The highest BCUT2D eigenvalue weighted by Crippen LogP contribution is 2.33. The van der Waals surface area contributed by atoms with E-state index in [1.807, 2.05) is 24.3 Å². The molecule has 0 aromatic heterocycles. The predicted molar refractivity (Wildman–Crippen MR) is 91.1 cm³/mol. The Balaban J connectivity index is 1.71. The molecule has 2 aromatic rings. The summed E-state index contributed by atoms with van der Waals surface area (Å²) in [5, 5.41) is 12.1. The van der Waals surface area contributed by atoms with Crippen LogP contribution in [0.2, 0.25) is 0 Å². The lowest BCUT2D eigenvalue weighted by Gasteiger charge is -2.25. The lowest BCUT2D eigenvalue weighted by atomic mass is 9.92. The monoisotopic (exact) mass is 341 g/mol. The van der Waals surface area contributed by atoms with E-state index in [1.54, 1.807) is 12.1 Å². The van der Waals surface area contributed by atoms with Gasteiger partial charge < -0.3 is 19.9 Å². The number of nitrogens with one attached hydrogen (secondary N) is 1. The molecule has 3 rings (SSSR count). The number of aromatic carboxylic acids is 1. The Morgan fingerprint density at radius 1 is 1.28 bits per heavy atom. The van der Waals surface area contributed by atoms with E-state index in [1.165, 1.54) is 13.2 Å². The number of carbonyl (C=O) groups excluding carboxylic acids is 1. The van der Waals surface area contributed by atoms with Gasteiger partial charge in [0.2, 0.25) is 5.91 Å². The van der Waals surface area contributed by atoms with E-state index in [2.05, 4.69) is 5.32 Å². The van der Waals surface area contributed by atoms with Crippen molar-refractivity contribution in [1.82, 2.24) is 5.32 Å². The number of ether oxygens (including phenoxy) is 2. The van der Waals surface area contributed by atoms with Crippen molar-refractivity contribution in [3.8, 4) is 11.5 Å². The van der Waals surface area contributed by atoms with Crippen molar-refractivity contribution >= 4 is 11.9 Å². The fraction of sp³-hybridized carbons (Fsp3) is 0.263. The molecule has 0 fully saturated rings. The number of hydrogen-bond donors (Lipinski definition) is 2. The third-order valence-corrected chi connectivity index (χ3v) is 4.24. The van der Waals surface area contributed by atoms with Gasteiger partial charge in [0.1, 0.15) is 17.1 Å². The highest BCUT2D eigenvalue weighted by molar-refractivity contribution is 5.91. The number of rotatable bonds is 5. The maximum absolute atomic E-state index is 12.6. The molecule has 1 heterocycles. The number of benzene rings is 2. The van der Waals surface area contributed by atoms with Gasteiger partial charge in [-0.1, -0.05) is 24.3 Å². The molecule has 0 spiro atoms. The molecule has 0 saturated heterocycles. The van der Waals surface area contributed by atoms with E-state index < -0.39 is 5.97 Å². The van der Waals surface area contributed by atoms with Crippen LogP contribution in [0.15, 0.2) is 42.5 Å². The second-order valence-corrected chi connectivity index (χ2v) is 5.79. The quantitative estimate of drug-likeness (QED) is 0.873. The number of carboxylic acids is 1. The molecular weight excluding hydrogens is 322 g/mol. The molecule has 0 unspecified atom stereocenters. The molecule has 0 radical (unpaired) electrons. The van der Waals surface area contributed by atoms with Gasteiger partial charge >= 0.3 is 5.97 Å². The van der Waals surface area contributed by atoms with E-state index in [0.717, 1.165) is 11.3 Å². The van der Waals surface area contributed by atoms with Gasteiger partial charge in [-0.2, -0.15) is 0 Å². The van der Waals surface area contributed by atoms with Crippen molar-refractivity contribution in [2.75, 3.05) is 13.7 Å². The first-order valence-electron chi connectivity index (χ1n) is 8.00. The number of carbonyl (C=O) groups is 2. The number of fused-ring (bicyclic) bond motifs is 1. The molecule has 1 aliphatic rings. The highest BCUT2D eigenvalue weighted by Gasteiger charge is 2.27. The van der Waals surface area contributed by atoms with E-state index in [9.17, 15) is 14.7 Å². The summed E-state index contributed by atoms with van der Waals surface area (Å²) < 4.78 is 10.6. The Kier molecular flexibility index (Phi) is 4.88. The van der Waals surface area contributed by atoms with Crippen LogP contribution in [0.4, 0.5) is 0 Å². The summed E-state index contributed by atoms with van der Waals surface area (Å²) in [6.07, 6.45) is 0.617. The summed E-state index contributed by atoms with van der Waals surface area (Å²) in [5.41, 5.74) is 1.66. The third-order valence-electron chi connectivity index (χ3n) is 4.24. The van der Waals surface area contributed by atoms with E-state index >= 15 is 0 Å². The second kappa shape index (κ2) is 7.25. The number of methoxy groups -OCH3 is 1. The Morgan fingerprint density at radius 2 is 2.08 bits per heavy atom. The first-order chi connectivity index (χ1) is 12.1. The molecule has 130 valence electrons. The van der Waals surface area contributed by atoms with Crippen LogP contribution in [0.1, 0.15) is 33.8 Å². The largest absolute Gasteiger partial charge is 0.496 e. The second-order valence-electron chi connectivity index (χ2n) is 5.79. The van der Waals surface area contributed by atoms with Crippen molar-refractivity contribution in [3.05, 3.63) is 59.2 Å². The van der Waals surface area contributed by atoms with E-state index in [-0.39, 0.29) is 23.9 Å². The maximum atomic E-state index is 12.6. The minimum absolute atomic E-state index is 0.0747. The summed E-state index contributed by atoms with van der Waals surface area (Å²) in [7, 11) is 1.42. The van der Waals surface area contributed by atoms with Crippen LogP contribution in [-0.4, -0.2) is 30.7 Å². The lowest BCUT2D eigenvalue weighted by Crippen LogP contribution is -2.32. The van der Waals surface area contributed by atoms with Crippen molar-refractivity contribution < 1.29 is 24.2 Å². The number of amides is 1. The van der Waals surface area contributed by atoms with Gasteiger partial charge in [0.25, 0.3) is 0 Å². The zero-order valence-corrected chi connectivity index (χ0v) is 13.8. The first kappa shape index (κ1) is 16.8. The number of hydrogen-bond acceptors (Lipinski definition) is 4. The fourth-order valence-corrected chi connectivity index (χ4v) is 2.96. The standard InChI is InChI=1S/C19H19NO5/c1-24-16-7-6-12(10-15(16)19(22)23)11-20-18(21)14-8-9-25-17-5-3-2-4-13(14)17/h2-7,10,14H,8-9,11H2,1H3,(H,20,21)(H,22,23)/t14-/m1/s1. The van der Waals surface area contributed by atoms with E-state index in [4.69, 9.17) is 9.47 Å². The van der Waals surface area contributed by atoms with Crippen molar-refractivity contribution in [1.29, 1.82) is 0 Å². The molecule has 6 nitrogen and oxygen atoms in total. The summed E-state index contributed by atoms with van der Waals surface area (Å²) in [5.74, 6) is -0.388. The molecule has 0 saturated carbocycles. The van der Waals surface area contributed by atoms with E-state index in [0.29, 0.717) is 24.3 Å². The molecular formula is C19H19NO5. The molecule has 0 bridgehead atoms. The smallest absolute Gasteiger partial charge is 0.339 e. The third kappa shape index (κ3) is 3.57.